The minimum atomic E-state index is -0.257. The fraction of sp³-hybridized carbons (Fsp3) is 0.188. The summed E-state index contributed by atoms with van der Waals surface area (Å²) in [4.78, 5) is 20.3. The first-order chi connectivity index (χ1) is 10.1. The molecule has 1 aromatic heterocycles. The molecule has 2 rings (SSSR count). The molecule has 0 aliphatic carbocycles. The van der Waals surface area contributed by atoms with Crippen molar-refractivity contribution in [2.45, 2.75) is 13.8 Å². The zero-order valence-electron chi connectivity index (χ0n) is 12.2. The molecule has 21 heavy (non-hydrogen) atoms. The fourth-order valence-corrected chi connectivity index (χ4v) is 1.81. The van der Waals surface area contributed by atoms with Crippen molar-refractivity contribution in [2.24, 2.45) is 0 Å². The number of hydrogen-bond acceptors (Lipinski definition) is 4. The molecule has 0 unspecified atom stereocenters. The normalized spacial score (nSPS) is 10.0. The van der Waals surface area contributed by atoms with E-state index in [1.807, 2.05) is 32.0 Å². The second kappa shape index (κ2) is 6.65. The third-order valence-corrected chi connectivity index (χ3v) is 2.97. The van der Waals surface area contributed by atoms with Crippen molar-refractivity contribution in [1.82, 2.24) is 9.97 Å². The molecular formula is C16H18N4O. The third kappa shape index (κ3) is 3.89. The van der Waals surface area contributed by atoms with Crippen molar-refractivity contribution in [2.75, 3.05) is 17.2 Å². The van der Waals surface area contributed by atoms with Gasteiger partial charge in [0.05, 0.1) is 0 Å². The summed E-state index contributed by atoms with van der Waals surface area (Å²) in [5.41, 5.74) is 3.21. The average molecular weight is 282 g/mol. The van der Waals surface area contributed by atoms with Crippen LogP contribution in [0.15, 0.2) is 43.2 Å². The lowest BCUT2D eigenvalue weighted by molar-refractivity contribution is 0.102. The van der Waals surface area contributed by atoms with Crippen LogP contribution in [0.5, 0.6) is 0 Å². The van der Waals surface area contributed by atoms with Crippen molar-refractivity contribution in [3.63, 3.8) is 0 Å². The van der Waals surface area contributed by atoms with E-state index in [0.29, 0.717) is 18.1 Å². The fourth-order valence-electron chi connectivity index (χ4n) is 1.81. The Hall–Kier alpha value is -2.69. The number of rotatable bonds is 5. The Labute approximate surface area is 124 Å². The predicted octanol–water partition coefficient (Wildman–Crippen LogP) is 2.94. The molecule has 1 aromatic carbocycles. The molecule has 2 N–H and O–H groups in total. The zero-order valence-corrected chi connectivity index (χ0v) is 12.2. The molecule has 0 atom stereocenters. The van der Waals surface area contributed by atoms with Gasteiger partial charge in [0, 0.05) is 18.3 Å². The highest BCUT2D eigenvalue weighted by Gasteiger charge is 2.10. The molecule has 0 bridgehead atoms. The van der Waals surface area contributed by atoms with E-state index < -0.39 is 0 Å². The number of anilines is 2. The topological polar surface area (TPSA) is 66.9 Å². The van der Waals surface area contributed by atoms with Crippen molar-refractivity contribution < 1.29 is 4.79 Å². The first-order valence-corrected chi connectivity index (χ1v) is 6.65. The maximum atomic E-state index is 12.3. The minimum absolute atomic E-state index is 0.257. The van der Waals surface area contributed by atoms with Crippen LogP contribution < -0.4 is 10.6 Å². The quantitative estimate of drug-likeness (QED) is 0.827. The van der Waals surface area contributed by atoms with E-state index in [2.05, 4.69) is 27.2 Å². The Morgan fingerprint density at radius 3 is 2.86 bits per heavy atom. The van der Waals surface area contributed by atoms with Gasteiger partial charge in [0.15, 0.2) is 0 Å². The van der Waals surface area contributed by atoms with Crippen LogP contribution in [0.4, 0.5) is 11.5 Å². The second-order valence-corrected chi connectivity index (χ2v) is 4.73. The number of aromatic nitrogens is 2. The molecule has 0 saturated carbocycles. The van der Waals surface area contributed by atoms with E-state index >= 15 is 0 Å². The summed E-state index contributed by atoms with van der Waals surface area (Å²) < 4.78 is 0. The number of nitrogens with zero attached hydrogens (tertiary/aromatic N) is 2. The summed E-state index contributed by atoms with van der Waals surface area (Å²) in [6.07, 6.45) is 3.08. The van der Waals surface area contributed by atoms with Gasteiger partial charge in [-0.05, 0) is 31.0 Å². The van der Waals surface area contributed by atoms with Gasteiger partial charge in [-0.15, -0.1) is 6.58 Å². The Kier molecular flexibility index (Phi) is 4.66. The number of aryl methyl sites for hydroxylation is 2. The summed E-state index contributed by atoms with van der Waals surface area (Å²) in [5, 5.41) is 5.90. The van der Waals surface area contributed by atoms with Gasteiger partial charge in [-0.3, -0.25) is 4.79 Å². The Morgan fingerprint density at radius 2 is 2.10 bits per heavy atom. The number of hydrogen-bond donors (Lipinski definition) is 2. The first kappa shape index (κ1) is 14.7. The molecule has 5 nitrogen and oxygen atoms in total. The highest BCUT2D eigenvalue weighted by atomic mass is 16.1. The van der Waals surface area contributed by atoms with Crippen LogP contribution in [0, 0.1) is 13.8 Å². The van der Waals surface area contributed by atoms with Crippen LogP contribution in [0.2, 0.25) is 0 Å². The molecule has 0 radical (unpaired) electrons. The van der Waals surface area contributed by atoms with Gasteiger partial charge in [0.1, 0.15) is 17.8 Å². The lowest BCUT2D eigenvalue weighted by atomic mass is 10.1. The molecule has 0 saturated heterocycles. The van der Waals surface area contributed by atoms with Gasteiger partial charge < -0.3 is 10.6 Å². The molecule has 5 heteroatoms. The van der Waals surface area contributed by atoms with Gasteiger partial charge in [-0.2, -0.15) is 0 Å². The third-order valence-electron chi connectivity index (χ3n) is 2.97. The Bertz CT molecular complexity index is 667. The summed E-state index contributed by atoms with van der Waals surface area (Å²) in [7, 11) is 0. The molecule has 0 aliphatic rings. The van der Waals surface area contributed by atoms with E-state index in [4.69, 9.17) is 0 Å². The highest BCUT2D eigenvalue weighted by molar-refractivity contribution is 6.03. The number of carbonyl (C=O) groups is 1. The van der Waals surface area contributed by atoms with Gasteiger partial charge in [-0.25, -0.2) is 9.97 Å². The summed E-state index contributed by atoms with van der Waals surface area (Å²) in [6, 6.07) is 7.53. The molecule has 1 heterocycles. The number of benzene rings is 1. The van der Waals surface area contributed by atoms with Crippen molar-refractivity contribution in [1.29, 1.82) is 0 Å². The van der Waals surface area contributed by atoms with E-state index in [-0.39, 0.29) is 5.91 Å². The van der Waals surface area contributed by atoms with Crippen molar-refractivity contribution in [3.8, 4) is 0 Å². The van der Waals surface area contributed by atoms with Crippen molar-refractivity contribution in [3.05, 3.63) is 60.1 Å². The van der Waals surface area contributed by atoms with E-state index in [0.717, 1.165) is 16.8 Å². The van der Waals surface area contributed by atoms with Gasteiger partial charge in [0.25, 0.3) is 5.91 Å². The maximum absolute atomic E-state index is 12.3. The molecule has 1 amide bonds. The molecule has 0 spiro atoms. The Morgan fingerprint density at radius 1 is 1.29 bits per heavy atom. The first-order valence-electron chi connectivity index (χ1n) is 6.65. The average Bonchev–Trinajstić information content (AvgIpc) is 2.49. The summed E-state index contributed by atoms with van der Waals surface area (Å²) >= 11 is 0. The molecule has 2 aromatic rings. The number of carbonyl (C=O) groups excluding carboxylic acids is 1. The SMILES string of the molecule is C=CCNc1cc(C(=O)Nc2cc(C)ccc2C)ncn1. The maximum Gasteiger partial charge on any atom is 0.274 e. The van der Waals surface area contributed by atoms with E-state index in [1.54, 1.807) is 12.1 Å². The van der Waals surface area contributed by atoms with Crippen LogP contribution >= 0.6 is 0 Å². The molecule has 0 aliphatic heterocycles. The van der Waals surface area contributed by atoms with Crippen LogP contribution in [-0.4, -0.2) is 22.4 Å². The lowest BCUT2D eigenvalue weighted by Gasteiger charge is -2.09. The molecule has 108 valence electrons. The van der Waals surface area contributed by atoms with Crippen LogP contribution in [0.3, 0.4) is 0 Å². The van der Waals surface area contributed by atoms with Crippen LogP contribution in [0.25, 0.3) is 0 Å². The van der Waals surface area contributed by atoms with Gasteiger partial charge >= 0.3 is 0 Å². The minimum Gasteiger partial charge on any atom is -0.366 e. The number of amides is 1. The zero-order chi connectivity index (χ0) is 15.2. The number of nitrogens with one attached hydrogen (secondary N) is 2. The highest BCUT2D eigenvalue weighted by Crippen LogP contribution is 2.17. The predicted molar refractivity (Wildman–Crippen MR) is 84.6 cm³/mol. The van der Waals surface area contributed by atoms with Crippen LogP contribution in [0.1, 0.15) is 21.6 Å². The van der Waals surface area contributed by atoms with E-state index in [1.165, 1.54) is 6.33 Å². The standard InChI is InChI=1S/C16H18N4O/c1-4-7-17-15-9-14(18-10-19-15)16(21)20-13-8-11(2)5-6-12(13)3/h4-6,8-10H,1,7H2,2-3H3,(H,20,21)(H,17,18,19). The molecular weight excluding hydrogens is 264 g/mol. The van der Waals surface area contributed by atoms with Crippen LogP contribution in [-0.2, 0) is 0 Å². The smallest absolute Gasteiger partial charge is 0.274 e. The second-order valence-electron chi connectivity index (χ2n) is 4.73. The van der Waals surface area contributed by atoms with E-state index in [9.17, 15) is 4.79 Å². The largest absolute Gasteiger partial charge is 0.366 e. The summed E-state index contributed by atoms with van der Waals surface area (Å²) in [6.45, 7) is 8.13. The van der Waals surface area contributed by atoms with Gasteiger partial charge in [0.2, 0.25) is 0 Å². The Balaban J connectivity index is 2.16. The summed E-state index contributed by atoms with van der Waals surface area (Å²) in [5.74, 6) is 0.337. The van der Waals surface area contributed by atoms with Crippen molar-refractivity contribution >= 4 is 17.4 Å². The molecule has 0 fully saturated rings. The monoisotopic (exact) mass is 282 g/mol. The lowest BCUT2D eigenvalue weighted by Crippen LogP contribution is -2.15. The van der Waals surface area contributed by atoms with Gasteiger partial charge in [-0.1, -0.05) is 18.2 Å².